The first-order chi connectivity index (χ1) is 4.77. The van der Waals surface area contributed by atoms with Crippen LogP contribution in [0.25, 0.3) is 0 Å². The standard InChI is InChI=1S/C8H18NS/c1-3-4-9(2)5-7-10-8-6-9/h3-8H2,1-2H3/q+1. The van der Waals surface area contributed by atoms with Crippen LogP contribution in [0.3, 0.4) is 0 Å². The topological polar surface area (TPSA) is 0 Å². The molecule has 60 valence electrons. The molecule has 0 amide bonds. The molecule has 0 N–H and O–H groups in total. The second-order valence-electron chi connectivity index (χ2n) is 3.40. The van der Waals surface area contributed by atoms with Crippen molar-refractivity contribution in [3.8, 4) is 0 Å². The summed E-state index contributed by atoms with van der Waals surface area (Å²) in [6.07, 6.45) is 1.33. The van der Waals surface area contributed by atoms with E-state index in [1.165, 1.54) is 42.0 Å². The largest absolute Gasteiger partial charge is 0.325 e. The highest BCUT2D eigenvalue weighted by molar-refractivity contribution is 7.99. The van der Waals surface area contributed by atoms with E-state index in [9.17, 15) is 0 Å². The van der Waals surface area contributed by atoms with Gasteiger partial charge in [0, 0.05) is 11.5 Å². The Hall–Kier alpha value is 0.310. The number of rotatable bonds is 2. The maximum Gasteiger partial charge on any atom is 0.0876 e. The number of thioether (sulfide) groups is 1. The Bertz CT molecular complexity index is 91.9. The average molecular weight is 160 g/mol. The summed E-state index contributed by atoms with van der Waals surface area (Å²) >= 11 is 2.11. The molecule has 1 fully saturated rings. The smallest absolute Gasteiger partial charge is 0.0876 e. The normalized spacial score (nSPS) is 24.6. The van der Waals surface area contributed by atoms with E-state index >= 15 is 0 Å². The van der Waals surface area contributed by atoms with Crippen LogP contribution in [0.4, 0.5) is 0 Å². The summed E-state index contributed by atoms with van der Waals surface area (Å²) in [6, 6.07) is 0. The van der Waals surface area contributed by atoms with Crippen molar-refractivity contribution in [3.05, 3.63) is 0 Å². The molecule has 0 aromatic rings. The number of nitrogens with zero attached hydrogens (tertiary/aromatic N) is 1. The highest BCUT2D eigenvalue weighted by Gasteiger charge is 2.23. The molecule has 1 saturated heterocycles. The lowest BCUT2D eigenvalue weighted by atomic mass is 10.3. The Labute approximate surface area is 68.4 Å². The lowest BCUT2D eigenvalue weighted by Crippen LogP contribution is -2.50. The van der Waals surface area contributed by atoms with Gasteiger partial charge in [0.1, 0.15) is 0 Å². The molecule has 0 radical (unpaired) electrons. The van der Waals surface area contributed by atoms with Crippen LogP contribution in [0.15, 0.2) is 0 Å². The first kappa shape index (κ1) is 8.41. The zero-order valence-corrected chi connectivity index (χ0v) is 7.91. The Balaban J connectivity index is 2.32. The van der Waals surface area contributed by atoms with E-state index in [0.29, 0.717) is 0 Å². The minimum Gasteiger partial charge on any atom is -0.325 e. The zero-order valence-electron chi connectivity index (χ0n) is 7.10. The third-order valence-corrected chi connectivity index (χ3v) is 3.26. The van der Waals surface area contributed by atoms with Crippen molar-refractivity contribution in [2.75, 3.05) is 38.2 Å². The predicted molar refractivity (Wildman–Crippen MR) is 48.4 cm³/mol. The summed E-state index contributed by atoms with van der Waals surface area (Å²) in [6.45, 7) is 6.43. The summed E-state index contributed by atoms with van der Waals surface area (Å²) in [5.74, 6) is 2.74. The highest BCUT2D eigenvalue weighted by atomic mass is 32.2. The molecule has 0 aromatic carbocycles. The molecule has 1 heterocycles. The molecule has 0 aromatic heterocycles. The van der Waals surface area contributed by atoms with Crippen LogP contribution >= 0.6 is 11.8 Å². The lowest BCUT2D eigenvalue weighted by molar-refractivity contribution is -0.906. The minimum absolute atomic E-state index is 1.32. The third kappa shape index (κ3) is 2.17. The van der Waals surface area contributed by atoms with Crippen molar-refractivity contribution in [1.29, 1.82) is 0 Å². The van der Waals surface area contributed by atoms with Gasteiger partial charge in [-0.1, -0.05) is 6.92 Å². The van der Waals surface area contributed by atoms with Crippen LogP contribution in [-0.2, 0) is 0 Å². The van der Waals surface area contributed by atoms with Crippen molar-refractivity contribution < 1.29 is 4.48 Å². The fourth-order valence-electron chi connectivity index (χ4n) is 1.55. The van der Waals surface area contributed by atoms with Crippen LogP contribution in [0.5, 0.6) is 0 Å². The monoisotopic (exact) mass is 160 g/mol. The second kappa shape index (κ2) is 3.63. The molecule has 0 atom stereocenters. The third-order valence-electron chi connectivity index (χ3n) is 2.31. The SMILES string of the molecule is CCC[N+]1(C)CCSCC1. The number of hydrogen-bond donors (Lipinski definition) is 0. The quantitative estimate of drug-likeness (QED) is 0.553. The van der Waals surface area contributed by atoms with Crippen molar-refractivity contribution in [2.45, 2.75) is 13.3 Å². The molecule has 1 rings (SSSR count). The van der Waals surface area contributed by atoms with E-state index in [1.54, 1.807) is 0 Å². The molecular weight excluding hydrogens is 142 g/mol. The molecule has 0 spiro atoms. The predicted octanol–water partition coefficient (Wildman–Crippen LogP) is 1.59. The van der Waals surface area contributed by atoms with Gasteiger partial charge in [0.15, 0.2) is 0 Å². The molecule has 10 heavy (non-hydrogen) atoms. The Morgan fingerprint density at radius 1 is 1.30 bits per heavy atom. The first-order valence-corrected chi connectivity index (χ1v) is 5.34. The fraction of sp³-hybridized carbons (Fsp3) is 1.00. The van der Waals surface area contributed by atoms with Crippen LogP contribution in [0, 0.1) is 0 Å². The van der Waals surface area contributed by atoms with E-state index in [0.717, 1.165) is 0 Å². The van der Waals surface area contributed by atoms with Gasteiger partial charge in [-0.2, -0.15) is 11.8 Å². The summed E-state index contributed by atoms with van der Waals surface area (Å²) in [5.41, 5.74) is 0. The number of quaternary nitrogens is 1. The van der Waals surface area contributed by atoms with E-state index in [-0.39, 0.29) is 0 Å². The van der Waals surface area contributed by atoms with Gasteiger partial charge in [-0.15, -0.1) is 0 Å². The van der Waals surface area contributed by atoms with Gasteiger partial charge in [0.05, 0.1) is 26.7 Å². The van der Waals surface area contributed by atoms with Gasteiger partial charge in [0.25, 0.3) is 0 Å². The molecular formula is C8H18NS+. The van der Waals surface area contributed by atoms with Gasteiger partial charge in [-0.05, 0) is 6.42 Å². The van der Waals surface area contributed by atoms with Crippen LogP contribution < -0.4 is 0 Å². The minimum atomic E-state index is 1.32. The van der Waals surface area contributed by atoms with Gasteiger partial charge in [0.2, 0.25) is 0 Å². The molecule has 1 aliphatic rings. The van der Waals surface area contributed by atoms with Crippen molar-refractivity contribution in [3.63, 3.8) is 0 Å². The summed E-state index contributed by atoms with van der Waals surface area (Å²) in [7, 11) is 2.39. The summed E-state index contributed by atoms with van der Waals surface area (Å²) in [4.78, 5) is 0. The van der Waals surface area contributed by atoms with E-state index in [2.05, 4.69) is 25.7 Å². The average Bonchev–Trinajstić information content (AvgIpc) is 1.89. The Morgan fingerprint density at radius 3 is 2.40 bits per heavy atom. The van der Waals surface area contributed by atoms with Crippen molar-refractivity contribution in [1.82, 2.24) is 0 Å². The zero-order chi connectivity index (χ0) is 7.45. The second-order valence-corrected chi connectivity index (χ2v) is 4.63. The highest BCUT2D eigenvalue weighted by Crippen LogP contribution is 2.15. The molecule has 0 bridgehead atoms. The van der Waals surface area contributed by atoms with Gasteiger partial charge < -0.3 is 4.48 Å². The summed E-state index contributed by atoms with van der Waals surface area (Å²) < 4.78 is 1.32. The van der Waals surface area contributed by atoms with Gasteiger partial charge >= 0.3 is 0 Å². The van der Waals surface area contributed by atoms with Gasteiger partial charge in [-0.3, -0.25) is 0 Å². The molecule has 0 saturated carbocycles. The lowest BCUT2D eigenvalue weighted by Gasteiger charge is -2.37. The maximum atomic E-state index is 2.39. The molecule has 2 heteroatoms. The first-order valence-electron chi connectivity index (χ1n) is 4.18. The van der Waals surface area contributed by atoms with Crippen LogP contribution in [0.2, 0.25) is 0 Å². The maximum absolute atomic E-state index is 2.39. The fourth-order valence-corrected chi connectivity index (χ4v) is 2.89. The Kier molecular flexibility index (Phi) is 3.05. The van der Waals surface area contributed by atoms with Crippen molar-refractivity contribution in [2.24, 2.45) is 0 Å². The molecule has 0 unspecified atom stereocenters. The molecule has 1 nitrogen and oxygen atoms in total. The Morgan fingerprint density at radius 2 is 1.90 bits per heavy atom. The number of hydrogen-bond acceptors (Lipinski definition) is 1. The van der Waals surface area contributed by atoms with E-state index in [4.69, 9.17) is 0 Å². The summed E-state index contributed by atoms with van der Waals surface area (Å²) in [5, 5.41) is 0. The van der Waals surface area contributed by atoms with Gasteiger partial charge in [-0.25, -0.2) is 0 Å². The molecule has 1 aliphatic heterocycles. The van der Waals surface area contributed by atoms with E-state index < -0.39 is 0 Å². The van der Waals surface area contributed by atoms with Crippen LogP contribution in [-0.4, -0.2) is 42.7 Å². The van der Waals surface area contributed by atoms with E-state index in [1.807, 2.05) is 0 Å². The van der Waals surface area contributed by atoms with Crippen molar-refractivity contribution >= 4 is 11.8 Å². The van der Waals surface area contributed by atoms with Crippen LogP contribution in [0.1, 0.15) is 13.3 Å². The molecule has 0 aliphatic carbocycles.